The van der Waals surface area contributed by atoms with Gasteiger partial charge in [0, 0.05) is 29.9 Å². The molecule has 214 valence electrons. The summed E-state index contributed by atoms with van der Waals surface area (Å²) in [5, 5.41) is 31.8. The van der Waals surface area contributed by atoms with E-state index in [9.17, 15) is 38.7 Å². The van der Waals surface area contributed by atoms with E-state index in [2.05, 4.69) is 5.32 Å². The summed E-state index contributed by atoms with van der Waals surface area (Å²) in [6.45, 7) is -0.863. The van der Waals surface area contributed by atoms with E-state index >= 15 is 4.39 Å². The number of carboxylic acid groups (broad SMARTS) is 1. The van der Waals surface area contributed by atoms with E-state index in [1.54, 1.807) is 18.2 Å². The minimum Gasteiger partial charge on any atom is -0.497 e. The molecule has 11 nitrogen and oxygen atoms in total. The van der Waals surface area contributed by atoms with Gasteiger partial charge in [0.1, 0.15) is 33.3 Å². The van der Waals surface area contributed by atoms with E-state index in [0.717, 1.165) is 16.7 Å². The van der Waals surface area contributed by atoms with Gasteiger partial charge in [-0.05, 0) is 24.3 Å². The Morgan fingerprint density at radius 1 is 1.12 bits per heavy atom. The highest BCUT2D eigenvalue weighted by molar-refractivity contribution is 6.35. The Labute approximate surface area is 233 Å². The number of hydrogen-bond acceptors (Lipinski definition) is 8. The highest BCUT2D eigenvalue weighted by atomic mass is 35.5. The van der Waals surface area contributed by atoms with Crippen LogP contribution >= 0.6 is 11.6 Å². The summed E-state index contributed by atoms with van der Waals surface area (Å²) in [6.07, 6.45) is 0.669. The third kappa shape index (κ3) is 5.10. The lowest BCUT2D eigenvalue weighted by molar-refractivity contribution is -0.386. The number of carbonyl (C=O) groups is 1. The Kier molecular flexibility index (Phi) is 8.07. The number of halogens is 4. The number of methoxy groups -OCH3 is 2. The van der Waals surface area contributed by atoms with E-state index in [-0.39, 0.29) is 23.5 Å². The fourth-order valence-corrected chi connectivity index (χ4v) is 4.52. The zero-order valence-electron chi connectivity index (χ0n) is 21.1. The molecule has 0 fully saturated rings. The van der Waals surface area contributed by atoms with Crippen molar-refractivity contribution in [3.63, 3.8) is 0 Å². The second-order valence-electron chi connectivity index (χ2n) is 8.47. The molecule has 4 aromatic rings. The van der Waals surface area contributed by atoms with Crippen LogP contribution in [0.15, 0.2) is 41.3 Å². The van der Waals surface area contributed by atoms with E-state index < -0.39 is 67.6 Å². The fraction of sp³-hybridized carbons (Fsp3) is 0.154. The number of fused-ring (bicyclic) bond motifs is 1. The number of aromatic nitrogens is 1. The predicted molar refractivity (Wildman–Crippen MR) is 141 cm³/mol. The molecule has 1 aromatic heterocycles. The summed E-state index contributed by atoms with van der Waals surface area (Å²) in [5.41, 5.74) is -5.07. The van der Waals surface area contributed by atoms with Crippen LogP contribution in [0.5, 0.6) is 11.5 Å². The van der Waals surface area contributed by atoms with Crippen LogP contribution < -0.4 is 20.2 Å². The standard InChI is InChI=1S/C26H19ClF3N3O8/c1-40-13-4-3-11(18(6-13)41-2)8-31-16-7-17(12(10-34)5-15(16)28)32-9-14(26(36)37)25(35)19-23(32)20(27)21(29)22(30)24(19)33(38)39/h3-7,9,31,34H,8,10H2,1-2H3,(H,36,37). The molecule has 0 aliphatic rings. The molecule has 0 bridgehead atoms. The number of aliphatic hydroxyl groups is 1. The molecule has 15 heteroatoms. The first-order valence-corrected chi connectivity index (χ1v) is 11.8. The Morgan fingerprint density at radius 3 is 2.41 bits per heavy atom. The maximum Gasteiger partial charge on any atom is 0.341 e. The molecule has 1 heterocycles. The van der Waals surface area contributed by atoms with Gasteiger partial charge in [-0.15, -0.1) is 0 Å². The second-order valence-corrected chi connectivity index (χ2v) is 8.85. The molecule has 4 rings (SSSR count). The summed E-state index contributed by atoms with van der Waals surface area (Å²) >= 11 is 6.01. The van der Waals surface area contributed by atoms with Crippen molar-refractivity contribution in [2.24, 2.45) is 0 Å². The average Bonchev–Trinajstić information content (AvgIpc) is 2.95. The Balaban J connectivity index is 2.00. The van der Waals surface area contributed by atoms with Crippen LogP contribution in [0.4, 0.5) is 24.5 Å². The molecule has 0 saturated carbocycles. The molecule has 3 N–H and O–H groups in total. The van der Waals surface area contributed by atoms with Crippen molar-refractivity contribution in [1.82, 2.24) is 4.57 Å². The second kappa shape index (κ2) is 11.3. The van der Waals surface area contributed by atoms with Gasteiger partial charge in [-0.3, -0.25) is 14.9 Å². The molecular weight excluding hydrogens is 575 g/mol. The number of benzene rings is 3. The Hall–Kier alpha value is -4.82. The minimum atomic E-state index is -2.07. The number of anilines is 1. The van der Waals surface area contributed by atoms with Gasteiger partial charge in [-0.1, -0.05) is 11.6 Å². The molecule has 0 unspecified atom stereocenters. The summed E-state index contributed by atoms with van der Waals surface area (Å²) < 4.78 is 55.7. The van der Waals surface area contributed by atoms with Crippen molar-refractivity contribution in [3.05, 3.63) is 96.0 Å². The van der Waals surface area contributed by atoms with Crippen LogP contribution in [0.3, 0.4) is 0 Å². The molecule has 0 amide bonds. The quantitative estimate of drug-likeness (QED) is 0.141. The van der Waals surface area contributed by atoms with E-state index in [4.69, 9.17) is 21.1 Å². The number of carboxylic acids is 1. The van der Waals surface area contributed by atoms with Crippen molar-refractivity contribution in [2.75, 3.05) is 19.5 Å². The lowest BCUT2D eigenvalue weighted by Crippen LogP contribution is -2.21. The van der Waals surface area contributed by atoms with E-state index in [1.807, 2.05) is 0 Å². The third-order valence-corrected chi connectivity index (χ3v) is 6.57. The number of nitro benzene ring substituents is 1. The number of ether oxygens (including phenoxy) is 2. The summed E-state index contributed by atoms with van der Waals surface area (Å²) in [5.74, 6) is -5.77. The predicted octanol–water partition coefficient (Wildman–Crippen LogP) is 4.79. The van der Waals surface area contributed by atoms with Crippen molar-refractivity contribution in [2.45, 2.75) is 13.2 Å². The largest absolute Gasteiger partial charge is 0.497 e. The fourth-order valence-electron chi connectivity index (χ4n) is 4.26. The van der Waals surface area contributed by atoms with Crippen LogP contribution in [0.1, 0.15) is 21.5 Å². The molecule has 3 aromatic carbocycles. The van der Waals surface area contributed by atoms with Gasteiger partial charge in [0.05, 0.1) is 42.6 Å². The van der Waals surface area contributed by atoms with E-state index in [0.29, 0.717) is 23.3 Å². The third-order valence-electron chi connectivity index (χ3n) is 6.22. The normalized spacial score (nSPS) is 11.0. The molecule has 0 saturated heterocycles. The van der Waals surface area contributed by atoms with Gasteiger partial charge < -0.3 is 29.6 Å². The number of aromatic carboxylic acids is 1. The first-order valence-electron chi connectivity index (χ1n) is 11.5. The molecule has 0 aliphatic carbocycles. The van der Waals surface area contributed by atoms with Gasteiger partial charge in [-0.25, -0.2) is 13.6 Å². The number of hydrogen-bond donors (Lipinski definition) is 3. The lowest BCUT2D eigenvalue weighted by Gasteiger charge is -2.19. The number of nitrogens with zero attached hydrogens (tertiary/aromatic N) is 2. The first-order chi connectivity index (χ1) is 19.4. The summed E-state index contributed by atoms with van der Waals surface area (Å²) in [4.78, 5) is 35.1. The zero-order valence-corrected chi connectivity index (χ0v) is 21.9. The summed E-state index contributed by atoms with van der Waals surface area (Å²) in [6, 6.07) is 6.83. The monoisotopic (exact) mass is 593 g/mol. The molecule has 0 atom stereocenters. The first kappa shape index (κ1) is 29.2. The minimum absolute atomic E-state index is 0.0145. The lowest BCUT2D eigenvalue weighted by atomic mass is 10.1. The van der Waals surface area contributed by atoms with Crippen LogP contribution in [0.25, 0.3) is 16.6 Å². The van der Waals surface area contributed by atoms with Gasteiger partial charge in [0.25, 0.3) is 0 Å². The van der Waals surface area contributed by atoms with Gasteiger partial charge in [0.2, 0.25) is 11.2 Å². The molecular formula is C26H19ClF3N3O8. The van der Waals surface area contributed by atoms with Gasteiger partial charge >= 0.3 is 11.7 Å². The highest BCUT2D eigenvalue weighted by Crippen LogP contribution is 2.38. The maximum absolute atomic E-state index is 15.1. The van der Waals surface area contributed by atoms with Crippen molar-refractivity contribution < 1.29 is 42.6 Å². The van der Waals surface area contributed by atoms with Crippen LogP contribution in [-0.2, 0) is 13.2 Å². The molecule has 41 heavy (non-hydrogen) atoms. The number of aliphatic hydroxyl groups excluding tert-OH is 1. The van der Waals surface area contributed by atoms with Crippen LogP contribution in [0.2, 0.25) is 5.02 Å². The van der Waals surface area contributed by atoms with Crippen molar-refractivity contribution in [1.29, 1.82) is 0 Å². The Bertz CT molecular complexity index is 1800. The SMILES string of the molecule is COc1ccc(CNc2cc(-n3cc(C(=O)O)c(=O)c4c([N+](=O)[O-])c(F)c(F)c(Cl)c43)c(CO)cc2F)c(OC)c1. The average molecular weight is 594 g/mol. The maximum atomic E-state index is 15.1. The molecule has 0 aliphatic heterocycles. The van der Waals surface area contributed by atoms with E-state index in [1.165, 1.54) is 14.2 Å². The number of nitrogens with one attached hydrogen (secondary N) is 1. The number of pyridine rings is 1. The smallest absolute Gasteiger partial charge is 0.341 e. The topological polar surface area (TPSA) is 153 Å². The molecule has 0 spiro atoms. The zero-order chi connectivity index (χ0) is 30.2. The van der Waals surface area contributed by atoms with Crippen molar-refractivity contribution >= 4 is 39.8 Å². The summed E-state index contributed by atoms with van der Waals surface area (Å²) in [7, 11) is 2.88. The van der Waals surface area contributed by atoms with Gasteiger partial charge in [-0.2, -0.15) is 4.39 Å². The van der Waals surface area contributed by atoms with Crippen molar-refractivity contribution in [3.8, 4) is 17.2 Å². The Morgan fingerprint density at radius 2 is 1.83 bits per heavy atom. The van der Waals surface area contributed by atoms with Crippen LogP contribution in [-0.4, -0.2) is 39.9 Å². The van der Waals surface area contributed by atoms with Gasteiger partial charge in [0.15, 0.2) is 5.82 Å². The highest BCUT2D eigenvalue weighted by Gasteiger charge is 2.33. The molecule has 0 radical (unpaired) electrons. The number of nitro groups is 1. The number of rotatable bonds is 9. The van der Waals surface area contributed by atoms with Crippen LogP contribution in [0, 0.1) is 27.6 Å².